The van der Waals surface area contributed by atoms with E-state index in [-0.39, 0.29) is 23.9 Å². The van der Waals surface area contributed by atoms with Gasteiger partial charge in [0, 0.05) is 11.8 Å². The quantitative estimate of drug-likeness (QED) is 0.540. The van der Waals surface area contributed by atoms with Crippen molar-refractivity contribution in [1.29, 1.82) is 0 Å². The van der Waals surface area contributed by atoms with Gasteiger partial charge >= 0.3 is 6.61 Å². The summed E-state index contributed by atoms with van der Waals surface area (Å²) in [6, 6.07) is 14.3. The topological polar surface area (TPSA) is 79.2 Å². The van der Waals surface area contributed by atoms with Gasteiger partial charge in [-0.1, -0.05) is 12.1 Å². The van der Waals surface area contributed by atoms with Gasteiger partial charge in [0.05, 0.1) is 14.2 Å². The van der Waals surface area contributed by atoms with E-state index in [2.05, 4.69) is 10.1 Å². The maximum Gasteiger partial charge on any atom is 0.387 e. The Kier molecular flexibility index (Phi) is 6.74. The summed E-state index contributed by atoms with van der Waals surface area (Å²) in [5, 5.41) is 2.60. The summed E-state index contributed by atoms with van der Waals surface area (Å²) >= 11 is 0. The number of furan rings is 1. The van der Waals surface area contributed by atoms with E-state index in [4.69, 9.17) is 18.6 Å². The first kappa shape index (κ1) is 21.0. The third-order valence-corrected chi connectivity index (χ3v) is 3.96. The number of methoxy groups -OCH3 is 2. The van der Waals surface area contributed by atoms with E-state index in [9.17, 15) is 13.6 Å². The summed E-state index contributed by atoms with van der Waals surface area (Å²) in [5.41, 5.74) is 0.321. The summed E-state index contributed by atoms with van der Waals surface area (Å²) in [6.07, 6.45) is 0. The van der Waals surface area contributed by atoms with Crippen LogP contribution in [0.1, 0.15) is 16.3 Å². The van der Waals surface area contributed by atoms with E-state index in [1.165, 1.54) is 31.4 Å². The second-order valence-corrected chi connectivity index (χ2v) is 5.90. The highest BCUT2D eigenvalue weighted by Crippen LogP contribution is 2.31. The molecule has 0 bridgehead atoms. The zero-order valence-electron chi connectivity index (χ0n) is 16.2. The Hall–Kier alpha value is -3.75. The predicted molar refractivity (Wildman–Crippen MR) is 104 cm³/mol. The maximum atomic E-state index is 12.4. The van der Waals surface area contributed by atoms with Crippen LogP contribution in [-0.4, -0.2) is 26.7 Å². The van der Waals surface area contributed by atoms with Crippen LogP contribution < -0.4 is 24.3 Å². The summed E-state index contributed by atoms with van der Waals surface area (Å²) in [5.74, 6) is 1.00. The number of para-hydroxylation sites is 2. The van der Waals surface area contributed by atoms with Gasteiger partial charge < -0.3 is 28.7 Å². The normalized spacial score (nSPS) is 10.6. The minimum absolute atomic E-state index is 0.0541. The van der Waals surface area contributed by atoms with E-state index >= 15 is 0 Å². The molecule has 3 rings (SSSR count). The minimum atomic E-state index is -2.99. The van der Waals surface area contributed by atoms with Crippen molar-refractivity contribution < 1.29 is 36.9 Å². The third-order valence-electron chi connectivity index (χ3n) is 3.96. The van der Waals surface area contributed by atoms with E-state index in [1.807, 2.05) is 12.1 Å². The molecule has 1 N–H and O–H groups in total. The molecule has 0 spiro atoms. The minimum Gasteiger partial charge on any atom is -0.493 e. The van der Waals surface area contributed by atoms with E-state index < -0.39 is 12.5 Å². The smallest absolute Gasteiger partial charge is 0.387 e. The van der Waals surface area contributed by atoms with Crippen LogP contribution in [0.2, 0.25) is 0 Å². The molecule has 158 valence electrons. The largest absolute Gasteiger partial charge is 0.493 e. The molecule has 0 atom stereocenters. The van der Waals surface area contributed by atoms with Gasteiger partial charge in [0.15, 0.2) is 28.8 Å². The monoisotopic (exact) mass is 419 g/mol. The lowest BCUT2D eigenvalue weighted by Crippen LogP contribution is -2.11. The van der Waals surface area contributed by atoms with Crippen molar-refractivity contribution in [2.45, 2.75) is 13.2 Å². The van der Waals surface area contributed by atoms with E-state index in [0.29, 0.717) is 22.9 Å². The number of benzene rings is 2. The van der Waals surface area contributed by atoms with Crippen LogP contribution in [-0.2, 0) is 6.61 Å². The number of carbonyl (C=O) groups excluding carboxylic acids is 1. The number of alkyl halides is 2. The van der Waals surface area contributed by atoms with Gasteiger partial charge in [-0.2, -0.15) is 8.78 Å². The molecule has 9 heteroatoms. The van der Waals surface area contributed by atoms with Crippen LogP contribution >= 0.6 is 0 Å². The number of anilines is 1. The average molecular weight is 419 g/mol. The molecule has 3 aromatic rings. The lowest BCUT2D eigenvalue weighted by Gasteiger charge is -2.11. The molecule has 0 saturated heterocycles. The Morgan fingerprint density at radius 2 is 1.70 bits per heavy atom. The molecule has 1 amide bonds. The Morgan fingerprint density at radius 1 is 0.967 bits per heavy atom. The predicted octanol–water partition coefficient (Wildman–Crippen LogP) is 4.73. The molecule has 0 aliphatic heterocycles. The van der Waals surface area contributed by atoms with Gasteiger partial charge in [0.2, 0.25) is 0 Å². The number of carbonyl (C=O) groups is 1. The van der Waals surface area contributed by atoms with Gasteiger partial charge in [-0.25, -0.2) is 0 Å². The maximum absolute atomic E-state index is 12.4. The number of hydrogen-bond acceptors (Lipinski definition) is 6. The Labute approximate surface area is 171 Å². The molecule has 0 aliphatic carbocycles. The summed E-state index contributed by atoms with van der Waals surface area (Å²) in [4.78, 5) is 12.4. The summed E-state index contributed by atoms with van der Waals surface area (Å²) in [7, 11) is 2.85. The van der Waals surface area contributed by atoms with Gasteiger partial charge in [0.1, 0.15) is 12.4 Å². The van der Waals surface area contributed by atoms with Gasteiger partial charge in [-0.15, -0.1) is 0 Å². The highest BCUT2D eigenvalue weighted by molar-refractivity contribution is 6.02. The highest BCUT2D eigenvalue weighted by atomic mass is 19.3. The molecule has 7 nitrogen and oxygen atoms in total. The van der Waals surface area contributed by atoms with Crippen LogP contribution in [0.4, 0.5) is 14.5 Å². The number of nitrogens with one attached hydrogen (secondary N) is 1. The molecular weight excluding hydrogens is 400 g/mol. The fraction of sp³-hybridized carbons (Fsp3) is 0.190. The number of amides is 1. The zero-order chi connectivity index (χ0) is 21.5. The second-order valence-electron chi connectivity index (χ2n) is 5.90. The van der Waals surface area contributed by atoms with Crippen LogP contribution in [0.5, 0.6) is 23.0 Å². The standard InChI is InChI=1S/C21H19F2NO6/c1-26-15-5-3-4-6-16(15)28-12-14-8-10-18(29-14)20(25)24-13-7-9-17(30-21(22)23)19(11-13)27-2/h3-11,21H,12H2,1-2H3,(H,24,25). The molecule has 0 saturated carbocycles. The second kappa shape index (κ2) is 9.64. The van der Waals surface area contributed by atoms with E-state index in [0.717, 1.165) is 0 Å². The Bertz CT molecular complexity index is 1000. The van der Waals surface area contributed by atoms with Crippen molar-refractivity contribution in [3.05, 3.63) is 66.1 Å². The summed E-state index contributed by atoms with van der Waals surface area (Å²) in [6.45, 7) is -2.89. The van der Waals surface area contributed by atoms with Crippen LogP contribution in [0.25, 0.3) is 0 Å². The first-order chi connectivity index (χ1) is 14.5. The first-order valence-corrected chi connectivity index (χ1v) is 8.79. The number of rotatable bonds is 9. The molecule has 1 aromatic heterocycles. The highest BCUT2D eigenvalue weighted by Gasteiger charge is 2.15. The Morgan fingerprint density at radius 3 is 2.40 bits per heavy atom. The van der Waals surface area contributed by atoms with Crippen molar-refractivity contribution in [2.24, 2.45) is 0 Å². The van der Waals surface area contributed by atoms with Crippen LogP contribution in [0.3, 0.4) is 0 Å². The van der Waals surface area contributed by atoms with Crippen molar-refractivity contribution in [1.82, 2.24) is 0 Å². The molecule has 0 radical (unpaired) electrons. The van der Waals surface area contributed by atoms with Gasteiger partial charge in [-0.3, -0.25) is 4.79 Å². The molecule has 0 fully saturated rings. The Balaban J connectivity index is 1.63. The van der Waals surface area contributed by atoms with Crippen molar-refractivity contribution >= 4 is 11.6 Å². The number of halogens is 2. The SMILES string of the molecule is COc1ccccc1OCc1ccc(C(=O)Nc2ccc(OC(F)F)c(OC)c2)o1. The molecular formula is C21H19F2NO6. The van der Waals surface area contributed by atoms with Crippen LogP contribution in [0.15, 0.2) is 59.0 Å². The van der Waals surface area contributed by atoms with Crippen molar-refractivity contribution in [3.8, 4) is 23.0 Å². The molecule has 0 aliphatic rings. The fourth-order valence-corrected chi connectivity index (χ4v) is 2.60. The van der Waals surface area contributed by atoms with Gasteiger partial charge in [0.25, 0.3) is 5.91 Å². The fourth-order valence-electron chi connectivity index (χ4n) is 2.60. The lowest BCUT2D eigenvalue weighted by molar-refractivity contribution is -0.0512. The molecule has 0 unspecified atom stereocenters. The number of hydrogen-bond donors (Lipinski definition) is 1. The lowest BCUT2D eigenvalue weighted by atomic mass is 10.2. The van der Waals surface area contributed by atoms with Gasteiger partial charge in [-0.05, 0) is 36.4 Å². The first-order valence-electron chi connectivity index (χ1n) is 8.79. The third kappa shape index (κ3) is 5.19. The average Bonchev–Trinajstić information content (AvgIpc) is 3.22. The van der Waals surface area contributed by atoms with E-state index in [1.54, 1.807) is 25.3 Å². The van der Waals surface area contributed by atoms with Crippen molar-refractivity contribution in [3.63, 3.8) is 0 Å². The molecule has 1 heterocycles. The molecule has 2 aromatic carbocycles. The zero-order valence-corrected chi connectivity index (χ0v) is 16.2. The van der Waals surface area contributed by atoms with Crippen molar-refractivity contribution in [2.75, 3.05) is 19.5 Å². The summed E-state index contributed by atoms with van der Waals surface area (Å²) < 4.78 is 50.6. The number of ether oxygens (including phenoxy) is 4. The van der Waals surface area contributed by atoms with Crippen LogP contribution in [0, 0.1) is 0 Å². The molecule has 30 heavy (non-hydrogen) atoms.